The van der Waals surface area contributed by atoms with E-state index < -0.39 is 30.2 Å². The normalized spacial score (nSPS) is 15.1. The highest BCUT2D eigenvalue weighted by atomic mass is 16.6. The van der Waals surface area contributed by atoms with Gasteiger partial charge in [-0.3, -0.25) is 0 Å². The predicted molar refractivity (Wildman–Crippen MR) is 137 cm³/mol. The second-order valence-corrected chi connectivity index (χ2v) is 8.29. The minimum Gasteiger partial charge on any atom is -0.467 e. The van der Waals surface area contributed by atoms with Crippen molar-refractivity contribution in [2.45, 2.75) is 51.3 Å². The zero-order valence-electron chi connectivity index (χ0n) is 21.0. The van der Waals surface area contributed by atoms with Gasteiger partial charge in [-0.1, -0.05) is 78.4 Å². The molecule has 0 aliphatic heterocycles. The summed E-state index contributed by atoms with van der Waals surface area (Å²) in [6, 6.07) is 19.4. The van der Waals surface area contributed by atoms with E-state index in [0.29, 0.717) is 19.4 Å². The third-order valence-corrected chi connectivity index (χ3v) is 5.88. The summed E-state index contributed by atoms with van der Waals surface area (Å²) in [4.78, 5) is 13.0. The van der Waals surface area contributed by atoms with Crippen LogP contribution in [0.5, 0.6) is 0 Å². The number of hydrogen-bond acceptors (Lipinski definition) is 6. The molecule has 1 N–H and O–H groups in total. The summed E-state index contributed by atoms with van der Waals surface area (Å²) in [7, 11) is 2.93. The first-order chi connectivity index (χ1) is 17.0. The van der Waals surface area contributed by atoms with Gasteiger partial charge in [0.05, 0.1) is 32.5 Å². The van der Waals surface area contributed by atoms with Crippen molar-refractivity contribution >= 4 is 5.97 Å². The van der Waals surface area contributed by atoms with E-state index in [1.165, 1.54) is 7.11 Å². The fourth-order valence-electron chi connectivity index (χ4n) is 4.05. The molecule has 4 atom stereocenters. The predicted octanol–water partition coefficient (Wildman–Crippen LogP) is 4.87. The number of aliphatic hydroxyl groups is 1. The Bertz CT molecular complexity index is 896. The van der Waals surface area contributed by atoms with Gasteiger partial charge in [-0.25, -0.2) is 4.79 Å². The SMILES string of the molecule is C=CC/C=C(\C)[C@@H]([C@H](OC)[C@@H](CCO)OCc1ccccc1)[C@H](OCc1ccccc1)C(=O)OC. The van der Waals surface area contributed by atoms with Gasteiger partial charge in [-0.15, -0.1) is 6.58 Å². The molecule has 35 heavy (non-hydrogen) atoms. The highest BCUT2D eigenvalue weighted by Gasteiger charge is 2.41. The molecule has 0 bridgehead atoms. The number of aliphatic hydroxyl groups excluding tert-OH is 1. The van der Waals surface area contributed by atoms with E-state index in [4.69, 9.17) is 18.9 Å². The number of ether oxygens (including phenoxy) is 4. The number of esters is 1. The summed E-state index contributed by atoms with van der Waals surface area (Å²) in [6.45, 7) is 6.23. The molecule has 190 valence electrons. The van der Waals surface area contributed by atoms with E-state index in [9.17, 15) is 9.90 Å². The van der Waals surface area contributed by atoms with E-state index in [-0.39, 0.29) is 13.2 Å². The van der Waals surface area contributed by atoms with Crippen molar-refractivity contribution in [2.75, 3.05) is 20.8 Å². The Morgan fingerprint density at radius 1 is 0.971 bits per heavy atom. The van der Waals surface area contributed by atoms with Crippen LogP contribution in [0.2, 0.25) is 0 Å². The summed E-state index contributed by atoms with van der Waals surface area (Å²) in [5.74, 6) is -1.01. The Labute approximate surface area is 209 Å². The van der Waals surface area contributed by atoms with Crippen molar-refractivity contribution < 1.29 is 28.8 Å². The number of allylic oxidation sites excluding steroid dienone is 2. The summed E-state index contributed by atoms with van der Waals surface area (Å²) >= 11 is 0. The third-order valence-electron chi connectivity index (χ3n) is 5.88. The number of benzene rings is 2. The Balaban J connectivity index is 2.39. The van der Waals surface area contributed by atoms with Crippen LogP contribution in [0.1, 0.15) is 30.9 Å². The third kappa shape index (κ3) is 9.07. The molecule has 0 amide bonds. The molecule has 0 radical (unpaired) electrons. The van der Waals surface area contributed by atoms with Gasteiger partial charge in [0, 0.05) is 19.6 Å². The van der Waals surface area contributed by atoms with Gasteiger partial charge in [-0.2, -0.15) is 0 Å². The Kier molecular flexibility index (Phi) is 13.0. The molecule has 0 aliphatic rings. The second-order valence-electron chi connectivity index (χ2n) is 8.29. The van der Waals surface area contributed by atoms with E-state index >= 15 is 0 Å². The lowest BCUT2D eigenvalue weighted by Gasteiger charge is -2.36. The lowest BCUT2D eigenvalue weighted by Crippen LogP contribution is -2.47. The van der Waals surface area contributed by atoms with E-state index in [1.807, 2.05) is 73.7 Å². The van der Waals surface area contributed by atoms with E-state index in [0.717, 1.165) is 16.7 Å². The van der Waals surface area contributed by atoms with Crippen molar-refractivity contribution in [3.05, 3.63) is 96.1 Å². The van der Waals surface area contributed by atoms with Crippen LogP contribution in [0.15, 0.2) is 85.0 Å². The molecule has 0 saturated carbocycles. The quantitative estimate of drug-likeness (QED) is 0.272. The summed E-state index contributed by atoms with van der Waals surface area (Å²) in [5, 5.41) is 9.80. The van der Waals surface area contributed by atoms with Crippen LogP contribution in [0.25, 0.3) is 0 Å². The van der Waals surface area contributed by atoms with Gasteiger partial charge in [0.15, 0.2) is 6.10 Å². The van der Waals surface area contributed by atoms with Crippen LogP contribution in [0.4, 0.5) is 0 Å². The zero-order valence-corrected chi connectivity index (χ0v) is 21.0. The van der Waals surface area contributed by atoms with E-state index in [2.05, 4.69) is 6.58 Å². The highest BCUT2D eigenvalue weighted by molar-refractivity contribution is 5.75. The van der Waals surface area contributed by atoms with Crippen LogP contribution in [0.3, 0.4) is 0 Å². The van der Waals surface area contributed by atoms with Crippen molar-refractivity contribution in [2.24, 2.45) is 5.92 Å². The van der Waals surface area contributed by atoms with Gasteiger partial charge in [-0.05, 0) is 30.9 Å². The average Bonchev–Trinajstić information content (AvgIpc) is 2.90. The minimum atomic E-state index is -0.937. The fourth-order valence-corrected chi connectivity index (χ4v) is 4.05. The number of rotatable bonds is 16. The lowest BCUT2D eigenvalue weighted by atomic mass is 9.84. The van der Waals surface area contributed by atoms with Gasteiger partial charge in [0.25, 0.3) is 0 Å². The van der Waals surface area contributed by atoms with Crippen LogP contribution < -0.4 is 0 Å². The molecular formula is C29H38O6. The van der Waals surface area contributed by atoms with E-state index in [1.54, 1.807) is 13.2 Å². The molecule has 2 rings (SSSR count). The van der Waals surface area contributed by atoms with Gasteiger partial charge in [0.2, 0.25) is 0 Å². The van der Waals surface area contributed by atoms with Gasteiger partial charge >= 0.3 is 5.97 Å². The molecule has 0 fully saturated rings. The van der Waals surface area contributed by atoms with Crippen LogP contribution in [-0.4, -0.2) is 50.2 Å². The second kappa shape index (κ2) is 16.0. The zero-order chi connectivity index (χ0) is 25.5. The number of hydrogen-bond donors (Lipinski definition) is 1. The molecule has 0 unspecified atom stereocenters. The lowest BCUT2D eigenvalue weighted by molar-refractivity contribution is -0.168. The minimum absolute atomic E-state index is 0.0881. The Hall–Kier alpha value is -2.77. The molecular weight excluding hydrogens is 444 g/mol. The molecule has 2 aromatic carbocycles. The molecule has 0 aliphatic carbocycles. The molecule has 0 aromatic heterocycles. The first kappa shape index (κ1) is 28.5. The number of carbonyl (C=O) groups is 1. The average molecular weight is 483 g/mol. The number of methoxy groups -OCH3 is 2. The molecule has 0 heterocycles. The largest absolute Gasteiger partial charge is 0.467 e. The molecule has 6 heteroatoms. The maximum absolute atomic E-state index is 13.0. The standard InChI is InChI=1S/C29H38O6/c1-5-6-13-22(2)26(28(29(31)33-4)35-21-24-16-11-8-12-17-24)27(32-3)25(18-19-30)34-20-23-14-9-7-10-15-23/h5,7-17,25-28,30H,1,6,18-21H2,2-4H3/b22-13+/t25-,26+,27-,28+/m1/s1. The van der Waals surface area contributed by atoms with Crippen molar-refractivity contribution in [3.63, 3.8) is 0 Å². The molecule has 0 saturated heterocycles. The van der Waals surface area contributed by atoms with Gasteiger partial charge in [0.1, 0.15) is 0 Å². The first-order valence-corrected chi connectivity index (χ1v) is 11.9. The Morgan fingerprint density at radius 3 is 2.03 bits per heavy atom. The topological polar surface area (TPSA) is 74.2 Å². The summed E-state index contributed by atoms with van der Waals surface area (Å²) in [6.07, 6.45) is 2.74. The smallest absolute Gasteiger partial charge is 0.335 e. The van der Waals surface area contributed by atoms with Crippen LogP contribution in [-0.2, 0) is 37.0 Å². The summed E-state index contributed by atoms with van der Waals surface area (Å²) < 4.78 is 23.5. The molecule has 2 aromatic rings. The Morgan fingerprint density at radius 2 is 1.54 bits per heavy atom. The summed E-state index contributed by atoms with van der Waals surface area (Å²) in [5.41, 5.74) is 2.84. The monoisotopic (exact) mass is 482 g/mol. The van der Waals surface area contributed by atoms with Crippen molar-refractivity contribution in [3.8, 4) is 0 Å². The highest BCUT2D eigenvalue weighted by Crippen LogP contribution is 2.30. The maximum atomic E-state index is 13.0. The number of carbonyl (C=O) groups excluding carboxylic acids is 1. The van der Waals surface area contributed by atoms with Crippen LogP contribution in [0, 0.1) is 5.92 Å². The molecule has 6 nitrogen and oxygen atoms in total. The first-order valence-electron chi connectivity index (χ1n) is 11.9. The maximum Gasteiger partial charge on any atom is 0.335 e. The van der Waals surface area contributed by atoms with Crippen molar-refractivity contribution in [1.82, 2.24) is 0 Å². The van der Waals surface area contributed by atoms with Gasteiger partial charge < -0.3 is 24.1 Å². The van der Waals surface area contributed by atoms with Crippen molar-refractivity contribution in [1.29, 1.82) is 0 Å². The molecule has 0 spiro atoms. The van der Waals surface area contributed by atoms with Crippen LogP contribution >= 0.6 is 0 Å². The fraction of sp³-hybridized carbons (Fsp3) is 0.414.